The van der Waals surface area contributed by atoms with Crippen molar-refractivity contribution in [2.45, 2.75) is 6.92 Å². The van der Waals surface area contributed by atoms with E-state index in [1.807, 2.05) is 6.07 Å². The van der Waals surface area contributed by atoms with E-state index in [9.17, 15) is 4.79 Å². The van der Waals surface area contributed by atoms with Crippen LogP contribution in [-0.4, -0.2) is 38.4 Å². The molecule has 0 aliphatic carbocycles. The van der Waals surface area contributed by atoms with Crippen molar-refractivity contribution in [3.05, 3.63) is 35.6 Å². The van der Waals surface area contributed by atoms with E-state index in [0.717, 1.165) is 5.56 Å². The van der Waals surface area contributed by atoms with Crippen molar-refractivity contribution in [2.24, 2.45) is 0 Å². The van der Waals surface area contributed by atoms with E-state index in [-0.39, 0.29) is 19.1 Å². The number of nitrogens with one attached hydrogen (secondary N) is 1. The Hall–Kier alpha value is -2.47. The average Bonchev–Trinajstić information content (AvgIpc) is 2.93. The topological polar surface area (TPSA) is 80.9 Å². The molecule has 1 amide bonds. The van der Waals surface area contributed by atoms with Crippen molar-refractivity contribution in [2.75, 3.05) is 27.4 Å². The third-order valence-corrected chi connectivity index (χ3v) is 3.23. The van der Waals surface area contributed by atoms with Gasteiger partial charge in [0.15, 0.2) is 11.5 Å². The van der Waals surface area contributed by atoms with Gasteiger partial charge in [-0.05, 0) is 31.2 Å². The fourth-order valence-corrected chi connectivity index (χ4v) is 2.10. The summed E-state index contributed by atoms with van der Waals surface area (Å²) >= 11 is 0. The van der Waals surface area contributed by atoms with Crippen LogP contribution in [0.15, 0.2) is 28.7 Å². The van der Waals surface area contributed by atoms with Gasteiger partial charge in [0, 0.05) is 12.1 Å². The Kier molecular flexibility index (Phi) is 5.06. The Bertz CT molecular complexity index is 663. The number of amides is 1. The molecule has 0 spiro atoms. The molecule has 6 heteroatoms. The van der Waals surface area contributed by atoms with Gasteiger partial charge in [0.25, 0.3) is 5.91 Å². The molecule has 0 bridgehead atoms. The van der Waals surface area contributed by atoms with Gasteiger partial charge in [-0.25, -0.2) is 0 Å². The molecule has 2 aromatic rings. The van der Waals surface area contributed by atoms with Gasteiger partial charge in [-0.15, -0.1) is 0 Å². The third kappa shape index (κ3) is 3.23. The Labute approximate surface area is 128 Å². The van der Waals surface area contributed by atoms with Crippen molar-refractivity contribution in [1.29, 1.82) is 0 Å². The fourth-order valence-electron chi connectivity index (χ4n) is 2.10. The molecule has 2 rings (SSSR count). The maximum atomic E-state index is 12.0. The zero-order valence-electron chi connectivity index (χ0n) is 12.8. The van der Waals surface area contributed by atoms with Gasteiger partial charge in [-0.3, -0.25) is 4.79 Å². The number of benzene rings is 1. The first-order chi connectivity index (χ1) is 10.6. The third-order valence-electron chi connectivity index (χ3n) is 3.23. The zero-order chi connectivity index (χ0) is 16.1. The van der Waals surface area contributed by atoms with E-state index >= 15 is 0 Å². The predicted octanol–water partition coefficient (Wildman–Crippen LogP) is 1.99. The van der Waals surface area contributed by atoms with E-state index < -0.39 is 0 Å². The summed E-state index contributed by atoms with van der Waals surface area (Å²) in [7, 11) is 3.13. The van der Waals surface area contributed by atoms with Crippen LogP contribution in [0.3, 0.4) is 0 Å². The Balaban J connectivity index is 2.32. The Morgan fingerprint density at radius 3 is 2.59 bits per heavy atom. The second kappa shape index (κ2) is 7.00. The van der Waals surface area contributed by atoms with Crippen molar-refractivity contribution in [3.8, 4) is 22.8 Å². The number of hydrogen-bond donors (Lipinski definition) is 2. The largest absolute Gasteiger partial charge is 0.493 e. The first-order valence-electron chi connectivity index (χ1n) is 6.82. The fraction of sp³-hybridized carbons (Fsp3) is 0.312. The van der Waals surface area contributed by atoms with Gasteiger partial charge in [-0.2, -0.15) is 0 Å². The molecule has 0 aliphatic rings. The van der Waals surface area contributed by atoms with Crippen molar-refractivity contribution < 1.29 is 23.8 Å². The highest BCUT2D eigenvalue weighted by molar-refractivity contribution is 5.96. The minimum absolute atomic E-state index is 0.106. The quantitative estimate of drug-likeness (QED) is 0.853. The van der Waals surface area contributed by atoms with E-state index in [2.05, 4.69) is 5.32 Å². The summed E-state index contributed by atoms with van der Waals surface area (Å²) in [5.41, 5.74) is 1.22. The molecule has 1 aromatic carbocycles. The Morgan fingerprint density at radius 2 is 1.95 bits per heavy atom. The maximum absolute atomic E-state index is 12.0. The van der Waals surface area contributed by atoms with Crippen LogP contribution in [0.25, 0.3) is 11.3 Å². The van der Waals surface area contributed by atoms with Crippen LogP contribution in [0, 0.1) is 6.92 Å². The summed E-state index contributed by atoms with van der Waals surface area (Å²) in [4.78, 5) is 12.0. The minimum atomic E-state index is -0.276. The SMILES string of the molecule is COc1ccc(-c2cc(C(=O)NCCO)c(C)o2)cc1OC. The second-order valence-corrected chi connectivity index (χ2v) is 4.63. The van der Waals surface area contributed by atoms with Gasteiger partial charge in [0.05, 0.1) is 26.4 Å². The lowest BCUT2D eigenvalue weighted by Gasteiger charge is -2.08. The molecule has 6 nitrogen and oxygen atoms in total. The first-order valence-corrected chi connectivity index (χ1v) is 6.82. The molecule has 0 fully saturated rings. The van der Waals surface area contributed by atoms with Crippen LogP contribution in [-0.2, 0) is 0 Å². The van der Waals surface area contributed by atoms with Crippen LogP contribution in [0.5, 0.6) is 11.5 Å². The molecule has 1 aromatic heterocycles. The maximum Gasteiger partial charge on any atom is 0.254 e. The highest BCUT2D eigenvalue weighted by Crippen LogP contribution is 2.33. The van der Waals surface area contributed by atoms with E-state index in [1.54, 1.807) is 39.3 Å². The van der Waals surface area contributed by atoms with Crippen LogP contribution < -0.4 is 14.8 Å². The molecule has 22 heavy (non-hydrogen) atoms. The smallest absolute Gasteiger partial charge is 0.254 e. The van der Waals surface area contributed by atoms with Crippen molar-refractivity contribution in [3.63, 3.8) is 0 Å². The summed E-state index contributed by atoms with van der Waals surface area (Å²) in [5.74, 6) is 2.01. The molecule has 2 N–H and O–H groups in total. The number of rotatable bonds is 6. The van der Waals surface area contributed by atoms with Crippen molar-refractivity contribution in [1.82, 2.24) is 5.32 Å². The van der Waals surface area contributed by atoms with Crippen LogP contribution in [0.1, 0.15) is 16.1 Å². The standard InChI is InChI=1S/C16H19NO5/c1-10-12(16(19)17-6-7-18)9-14(22-10)11-4-5-13(20-2)15(8-11)21-3/h4-5,8-9,18H,6-7H2,1-3H3,(H,17,19). The average molecular weight is 305 g/mol. The van der Waals surface area contributed by atoms with E-state index in [4.69, 9.17) is 19.0 Å². The summed E-state index contributed by atoms with van der Waals surface area (Å²) in [5, 5.41) is 11.4. The summed E-state index contributed by atoms with van der Waals surface area (Å²) in [6, 6.07) is 7.06. The second-order valence-electron chi connectivity index (χ2n) is 4.63. The normalized spacial score (nSPS) is 10.4. The molecule has 1 heterocycles. The van der Waals surface area contributed by atoms with Crippen LogP contribution >= 0.6 is 0 Å². The molecule has 0 saturated carbocycles. The number of carbonyl (C=O) groups excluding carboxylic acids is 1. The Morgan fingerprint density at radius 1 is 1.23 bits per heavy atom. The van der Waals surface area contributed by atoms with Gasteiger partial charge in [0.1, 0.15) is 11.5 Å². The lowest BCUT2D eigenvalue weighted by molar-refractivity contribution is 0.0943. The minimum Gasteiger partial charge on any atom is -0.493 e. The number of aryl methyl sites for hydroxylation is 1. The summed E-state index contributed by atoms with van der Waals surface area (Å²) in [6.45, 7) is 1.82. The number of carbonyl (C=O) groups is 1. The molecule has 0 saturated heterocycles. The molecule has 0 aliphatic heterocycles. The first kappa shape index (κ1) is 15.9. The molecule has 118 valence electrons. The van der Waals surface area contributed by atoms with Crippen molar-refractivity contribution >= 4 is 5.91 Å². The highest BCUT2D eigenvalue weighted by Gasteiger charge is 2.16. The number of methoxy groups -OCH3 is 2. The molecule has 0 atom stereocenters. The predicted molar refractivity (Wildman–Crippen MR) is 81.4 cm³/mol. The number of hydrogen-bond acceptors (Lipinski definition) is 5. The number of aliphatic hydroxyl groups is 1. The number of aliphatic hydroxyl groups excluding tert-OH is 1. The summed E-state index contributed by atoms with van der Waals surface area (Å²) in [6.07, 6.45) is 0. The molecular formula is C16H19NO5. The number of ether oxygens (including phenoxy) is 2. The van der Waals surface area contributed by atoms with Gasteiger partial charge >= 0.3 is 0 Å². The lowest BCUT2D eigenvalue weighted by Crippen LogP contribution is -2.26. The highest BCUT2D eigenvalue weighted by atomic mass is 16.5. The van der Waals surface area contributed by atoms with Gasteiger partial charge in [0.2, 0.25) is 0 Å². The van der Waals surface area contributed by atoms with Gasteiger partial charge in [-0.1, -0.05) is 0 Å². The van der Waals surface area contributed by atoms with Crippen LogP contribution in [0.4, 0.5) is 0 Å². The lowest BCUT2D eigenvalue weighted by atomic mass is 10.1. The van der Waals surface area contributed by atoms with E-state index in [0.29, 0.717) is 28.6 Å². The molecular weight excluding hydrogens is 286 g/mol. The van der Waals surface area contributed by atoms with E-state index in [1.165, 1.54) is 0 Å². The monoisotopic (exact) mass is 305 g/mol. The summed E-state index contributed by atoms with van der Waals surface area (Å²) < 4.78 is 16.1. The zero-order valence-corrected chi connectivity index (χ0v) is 12.8. The molecule has 0 radical (unpaired) electrons. The van der Waals surface area contributed by atoms with Crippen LogP contribution in [0.2, 0.25) is 0 Å². The molecule has 0 unspecified atom stereocenters. The number of furan rings is 1. The van der Waals surface area contributed by atoms with Gasteiger partial charge < -0.3 is 24.3 Å².